The van der Waals surface area contributed by atoms with Crippen LogP contribution in [-0.4, -0.2) is 12.7 Å². The van der Waals surface area contributed by atoms with Gasteiger partial charge in [-0.05, 0) is 51.0 Å². The van der Waals surface area contributed by atoms with Crippen molar-refractivity contribution in [3.63, 3.8) is 0 Å². The molecule has 2 aliphatic carbocycles. The summed E-state index contributed by atoms with van der Waals surface area (Å²) in [6.07, 6.45) is 14.2. The topological polar surface area (TPSA) is 9.23 Å². The van der Waals surface area contributed by atoms with Crippen molar-refractivity contribution < 1.29 is 4.74 Å². The van der Waals surface area contributed by atoms with Crippen LogP contribution in [0.2, 0.25) is 0 Å². The van der Waals surface area contributed by atoms with E-state index in [0.29, 0.717) is 6.10 Å². The summed E-state index contributed by atoms with van der Waals surface area (Å²) in [4.78, 5) is 0. The summed E-state index contributed by atoms with van der Waals surface area (Å²) < 4.78 is 5.98. The Bertz CT molecular complexity index is 318. The van der Waals surface area contributed by atoms with Gasteiger partial charge in [-0.1, -0.05) is 29.9 Å². The molecule has 0 aromatic heterocycles. The highest BCUT2D eigenvalue weighted by Gasteiger charge is 2.30. The van der Waals surface area contributed by atoms with E-state index in [1.165, 1.54) is 24.8 Å². The van der Waals surface area contributed by atoms with Gasteiger partial charge in [-0.15, -0.1) is 0 Å². The molecule has 88 valence electrons. The fourth-order valence-electron chi connectivity index (χ4n) is 2.61. The molecule has 0 spiro atoms. The third kappa shape index (κ3) is 2.85. The van der Waals surface area contributed by atoms with E-state index in [-0.39, 0.29) is 0 Å². The highest BCUT2D eigenvalue weighted by Crippen LogP contribution is 2.37. The summed E-state index contributed by atoms with van der Waals surface area (Å²) in [5, 5.41) is 0. The minimum Gasteiger partial charge on any atom is -0.374 e. The maximum absolute atomic E-state index is 5.98. The molecular formula is C15H22O. The summed E-state index contributed by atoms with van der Waals surface area (Å²) in [6, 6.07) is 0. The maximum atomic E-state index is 5.98. The summed E-state index contributed by atoms with van der Waals surface area (Å²) in [5.74, 6) is 0.776. The molecule has 1 saturated carbocycles. The van der Waals surface area contributed by atoms with Crippen molar-refractivity contribution in [2.75, 3.05) is 6.61 Å². The van der Waals surface area contributed by atoms with Gasteiger partial charge in [-0.25, -0.2) is 0 Å². The van der Waals surface area contributed by atoms with E-state index >= 15 is 0 Å². The van der Waals surface area contributed by atoms with Crippen molar-refractivity contribution in [2.24, 2.45) is 5.92 Å². The van der Waals surface area contributed by atoms with Crippen LogP contribution in [0.25, 0.3) is 0 Å². The summed E-state index contributed by atoms with van der Waals surface area (Å²) >= 11 is 0. The molecule has 0 aromatic carbocycles. The van der Waals surface area contributed by atoms with Crippen LogP contribution in [0.5, 0.6) is 0 Å². The van der Waals surface area contributed by atoms with Crippen LogP contribution >= 0.6 is 0 Å². The van der Waals surface area contributed by atoms with Gasteiger partial charge in [-0.3, -0.25) is 0 Å². The van der Waals surface area contributed by atoms with Gasteiger partial charge < -0.3 is 4.74 Å². The molecule has 1 fully saturated rings. The fourth-order valence-corrected chi connectivity index (χ4v) is 2.61. The van der Waals surface area contributed by atoms with Crippen LogP contribution in [0.1, 0.15) is 39.5 Å². The quantitative estimate of drug-likeness (QED) is 0.511. The highest BCUT2D eigenvalue weighted by molar-refractivity contribution is 5.27. The molecule has 16 heavy (non-hydrogen) atoms. The largest absolute Gasteiger partial charge is 0.374 e. The van der Waals surface area contributed by atoms with Crippen molar-refractivity contribution in [3.8, 4) is 0 Å². The van der Waals surface area contributed by atoms with Crippen molar-refractivity contribution in [1.82, 2.24) is 0 Å². The Morgan fingerprint density at radius 2 is 2.31 bits per heavy atom. The molecule has 1 heteroatoms. The van der Waals surface area contributed by atoms with E-state index in [4.69, 9.17) is 4.74 Å². The number of fused-ring (bicyclic) bond motifs is 1. The number of hydrogen-bond acceptors (Lipinski definition) is 1. The third-order valence-electron chi connectivity index (χ3n) is 3.46. The number of allylic oxidation sites excluding steroid dienone is 4. The second-order valence-corrected chi connectivity index (χ2v) is 5.03. The number of rotatable bonds is 4. The van der Waals surface area contributed by atoms with Gasteiger partial charge in [0, 0.05) is 0 Å². The summed E-state index contributed by atoms with van der Waals surface area (Å²) in [7, 11) is 0. The molecule has 2 rings (SSSR count). The average Bonchev–Trinajstić information content (AvgIpc) is 2.68. The van der Waals surface area contributed by atoms with Gasteiger partial charge in [0.25, 0.3) is 0 Å². The molecule has 2 aliphatic rings. The second-order valence-electron chi connectivity index (χ2n) is 5.03. The zero-order valence-corrected chi connectivity index (χ0v) is 10.4. The van der Waals surface area contributed by atoms with E-state index in [0.717, 1.165) is 18.9 Å². The van der Waals surface area contributed by atoms with Gasteiger partial charge in [0.1, 0.15) is 0 Å². The number of ether oxygens (including phenoxy) is 1. The molecule has 0 bridgehead atoms. The van der Waals surface area contributed by atoms with E-state index < -0.39 is 0 Å². The lowest BCUT2D eigenvalue weighted by Gasteiger charge is -2.18. The van der Waals surface area contributed by atoms with E-state index in [1.807, 2.05) is 0 Å². The molecule has 2 unspecified atom stereocenters. The molecule has 0 amide bonds. The van der Waals surface area contributed by atoms with Gasteiger partial charge in [0.15, 0.2) is 0 Å². The first-order chi connectivity index (χ1) is 7.77. The second kappa shape index (κ2) is 5.49. The molecular weight excluding hydrogens is 196 g/mol. The first kappa shape index (κ1) is 11.7. The van der Waals surface area contributed by atoms with Gasteiger partial charge in [-0.2, -0.15) is 0 Å². The Labute approximate surface area is 98.9 Å². The molecule has 0 aromatic rings. The van der Waals surface area contributed by atoms with Crippen LogP contribution in [0, 0.1) is 5.92 Å². The van der Waals surface area contributed by atoms with Crippen LogP contribution in [0.4, 0.5) is 0 Å². The van der Waals surface area contributed by atoms with Gasteiger partial charge in [0.2, 0.25) is 0 Å². The van der Waals surface area contributed by atoms with E-state index in [9.17, 15) is 0 Å². The summed E-state index contributed by atoms with van der Waals surface area (Å²) in [5.41, 5.74) is 2.92. The molecule has 1 nitrogen and oxygen atoms in total. The first-order valence-electron chi connectivity index (χ1n) is 6.39. The van der Waals surface area contributed by atoms with Crippen LogP contribution in [-0.2, 0) is 4.74 Å². The zero-order valence-electron chi connectivity index (χ0n) is 10.4. The minimum absolute atomic E-state index is 0.403. The molecule has 0 radical (unpaired) electrons. The standard InChI is InChI=1S/C15H22O/c1-12(2)6-5-11-16-15-10-9-13-7-3-4-8-14(13)15/h3-4,6,8,13,15H,5,7,9-11H2,1-2H3. The lowest BCUT2D eigenvalue weighted by atomic mass is 9.94. The van der Waals surface area contributed by atoms with Crippen LogP contribution in [0.3, 0.4) is 0 Å². The Hall–Kier alpha value is -0.820. The third-order valence-corrected chi connectivity index (χ3v) is 3.46. The predicted molar refractivity (Wildman–Crippen MR) is 68.4 cm³/mol. The Kier molecular flexibility index (Phi) is 4.00. The molecule has 0 heterocycles. The highest BCUT2D eigenvalue weighted by atomic mass is 16.5. The molecule has 2 atom stereocenters. The smallest absolute Gasteiger partial charge is 0.0791 e. The summed E-state index contributed by atoms with van der Waals surface area (Å²) in [6.45, 7) is 5.14. The van der Waals surface area contributed by atoms with Crippen molar-refractivity contribution in [3.05, 3.63) is 35.5 Å². The fraction of sp³-hybridized carbons (Fsp3) is 0.600. The van der Waals surface area contributed by atoms with Crippen molar-refractivity contribution >= 4 is 0 Å². The molecule has 0 N–H and O–H groups in total. The Balaban J connectivity index is 1.80. The maximum Gasteiger partial charge on any atom is 0.0791 e. The molecule has 0 aliphatic heterocycles. The zero-order chi connectivity index (χ0) is 11.4. The monoisotopic (exact) mass is 218 g/mol. The van der Waals surface area contributed by atoms with Crippen molar-refractivity contribution in [2.45, 2.75) is 45.6 Å². The van der Waals surface area contributed by atoms with Gasteiger partial charge >= 0.3 is 0 Å². The predicted octanol–water partition coefficient (Wildman–Crippen LogP) is 4.02. The van der Waals surface area contributed by atoms with Crippen LogP contribution in [0.15, 0.2) is 35.5 Å². The Morgan fingerprint density at radius 3 is 3.12 bits per heavy atom. The SMILES string of the molecule is CC(C)=CCCOC1CCC2CC=CC=C21. The minimum atomic E-state index is 0.403. The average molecular weight is 218 g/mol. The Morgan fingerprint density at radius 1 is 1.44 bits per heavy atom. The first-order valence-corrected chi connectivity index (χ1v) is 6.39. The lowest BCUT2D eigenvalue weighted by Crippen LogP contribution is -2.14. The van der Waals surface area contributed by atoms with Crippen LogP contribution < -0.4 is 0 Å². The van der Waals surface area contributed by atoms with E-state index in [2.05, 4.69) is 38.2 Å². The van der Waals surface area contributed by atoms with E-state index in [1.54, 1.807) is 5.57 Å². The normalized spacial score (nSPS) is 27.5. The number of hydrogen-bond donors (Lipinski definition) is 0. The molecule has 0 saturated heterocycles. The van der Waals surface area contributed by atoms with Gasteiger partial charge in [0.05, 0.1) is 12.7 Å². The van der Waals surface area contributed by atoms with Crippen molar-refractivity contribution in [1.29, 1.82) is 0 Å². The lowest BCUT2D eigenvalue weighted by molar-refractivity contribution is 0.0847.